The smallest absolute Gasteiger partial charge is 0.358 e. The number of furan rings is 1. The van der Waals surface area contributed by atoms with Crippen LogP contribution in [0.5, 0.6) is 0 Å². The molecular formula is C16H20N4O3. The van der Waals surface area contributed by atoms with Crippen molar-refractivity contribution in [2.24, 2.45) is 5.92 Å². The van der Waals surface area contributed by atoms with E-state index >= 15 is 0 Å². The number of carbonyl (C=O) groups is 1. The first kappa shape index (κ1) is 15.5. The Labute approximate surface area is 134 Å². The first-order valence-corrected chi connectivity index (χ1v) is 7.76. The summed E-state index contributed by atoms with van der Waals surface area (Å²) in [7, 11) is 0. The normalized spacial score (nSPS) is 19.4. The highest BCUT2D eigenvalue weighted by Gasteiger charge is 2.20. The molecule has 1 aliphatic heterocycles. The Bertz CT molecular complexity index is 663. The summed E-state index contributed by atoms with van der Waals surface area (Å²) >= 11 is 0. The van der Waals surface area contributed by atoms with Gasteiger partial charge in [-0.05, 0) is 43.5 Å². The van der Waals surface area contributed by atoms with E-state index in [1.165, 1.54) is 6.20 Å². The van der Waals surface area contributed by atoms with Crippen LogP contribution in [0.2, 0.25) is 0 Å². The van der Waals surface area contributed by atoms with Crippen molar-refractivity contribution in [3.63, 3.8) is 0 Å². The van der Waals surface area contributed by atoms with Crippen molar-refractivity contribution in [2.45, 2.75) is 19.4 Å². The Morgan fingerprint density at radius 2 is 2.43 bits per heavy atom. The Balaban J connectivity index is 1.50. The number of rotatable bonds is 6. The van der Waals surface area contributed by atoms with Crippen LogP contribution in [0.4, 0.5) is 0 Å². The molecule has 1 fully saturated rings. The molecule has 1 saturated heterocycles. The molecule has 0 spiro atoms. The zero-order valence-electron chi connectivity index (χ0n) is 12.8. The van der Waals surface area contributed by atoms with Crippen molar-refractivity contribution in [1.82, 2.24) is 19.9 Å². The summed E-state index contributed by atoms with van der Waals surface area (Å²) in [6.45, 7) is 3.65. The van der Waals surface area contributed by atoms with Crippen LogP contribution >= 0.6 is 0 Å². The maximum Gasteiger partial charge on any atom is 0.358 e. The molecule has 0 saturated carbocycles. The lowest BCUT2D eigenvalue weighted by molar-refractivity contribution is 0.0690. The second-order valence-corrected chi connectivity index (χ2v) is 5.82. The number of piperidine rings is 1. The maximum absolute atomic E-state index is 10.8. The van der Waals surface area contributed by atoms with Crippen LogP contribution in [0.15, 0.2) is 35.1 Å². The van der Waals surface area contributed by atoms with Crippen molar-refractivity contribution < 1.29 is 14.3 Å². The minimum absolute atomic E-state index is 0.000883. The van der Waals surface area contributed by atoms with E-state index in [2.05, 4.69) is 21.3 Å². The number of hydrogen-bond donors (Lipinski definition) is 1. The summed E-state index contributed by atoms with van der Waals surface area (Å²) < 4.78 is 6.91. The van der Waals surface area contributed by atoms with E-state index in [1.807, 2.05) is 18.2 Å². The van der Waals surface area contributed by atoms with Gasteiger partial charge in [0.2, 0.25) is 0 Å². The van der Waals surface area contributed by atoms with E-state index < -0.39 is 5.97 Å². The van der Waals surface area contributed by atoms with Crippen LogP contribution in [0.25, 0.3) is 6.08 Å². The van der Waals surface area contributed by atoms with Crippen LogP contribution in [-0.4, -0.2) is 50.6 Å². The predicted octanol–water partition coefficient (Wildman–Crippen LogP) is 1.99. The zero-order chi connectivity index (χ0) is 16.1. The highest BCUT2D eigenvalue weighted by atomic mass is 16.4. The second-order valence-electron chi connectivity index (χ2n) is 5.82. The van der Waals surface area contributed by atoms with Crippen molar-refractivity contribution in [1.29, 1.82) is 0 Å². The van der Waals surface area contributed by atoms with Gasteiger partial charge in [0.05, 0.1) is 12.5 Å². The molecule has 23 heavy (non-hydrogen) atoms. The fourth-order valence-corrected chi connectivity index (χ4v) is 2.92. The lowest BCUT2D eigenvalue weighted by atomic mass is 9.98. The van der Waals surface area contributed by atoms with Gasteiger partial charge in [-0.25, -0.2) is 4.79 Å². The first-order chi connectivity index (χ1) is 11.2. The molecule has 7 nitrogen and oxygen atoms in total. The number of carboxylic acid groups (broad SMARTS) is 1. The van der Waals surface area contributed by atoms with Crippen LogP contribution in [0, 0.1) is 5.92 Å². The molecule has 2 aromatic rings. The summed E-state index contributed by atoms with van der Waals surface area (Å²) in [6.07, 6.45) is 9.53. The average molecular weight is 316 g/mol. The van der Waals surface area contributed by atoms with Gasteiger partial charge in [-0.1, -0.05) is 11.3 Å². The van der Waals surface area contributed by atoms with Gasteiger partial charge < -0.3 is 9.52 Å². The van der Waals surface area contributed by atoms with Crippen molar-refractivity contribution in [3.05, 3.63) is 42.1 Å². The minimum atomic E-state index is -1.04. The van der Waals surface area contributed by atoms with Crippen molar-refractivity contribution >= 4 is 12.0 Å². The third kappa shape index (κ3) is 4.29. The van der Waals surface area contributed by atoms with Gasteiger partial charge >= 0.3 is 5.97 Å². The zero-order valence-corrected chi connectivity index (χ0v) is 12.8. The molecule has 0 radical (unpaired) electrons. The molecule has 7 heteroatoms. The van der Waals surface area contributed by atoms with Crippen molar-refractivity contribution in [3.8, 4) is 0 Å². The molecule has 3 rings (SSSR count). The molecule has 2 aromatic heterocycles. The molecule has 0 aliphatic carbocycles. The van der Waals surface area contributed by atoms with Crippen LogP contribution in [0.3, 0.4) is 0 Å². The SMILES string of the molecule is O=C(O)c1cn(C[C@H]2CCCN(C/C=C/c3ccco3)C2)nn1. The lowest BCUT2D eigenvalue weighted by Crippen LogP contribution is -2.37. The molecule has 3 heterocycles. The predicted molar refractivity (Wildman–Crippen MR) is 83.9 cm³/mol. The van der Waals surface area contributed by atoms with E-state index in [9.17, 15) is 4.79 Å². The molecule has 0 amide bonds. The lowest BCUT2D eigenvalue weighted by Gasteiger charge is -2.31. The number of likely N-dealkylation sites (tertiary alicyclic amines) is 1. The van der Waals surface area contributed by atoms with Gasteiger partial charge in [0.1, 0.15) is 5.76 Å². The Morgan fingerprint density at radius 1 is 1.52 bits per heavy atom. The quantitative estimate of drug-likeness (QED) is 0.877. The van der Waals surface area contributed by atoms with Gasteiger partial charge in [-0.15, -0.1) is 5.10 Å². The number of aromatic carboxylic acids is 1. The molecule has 1 atom stereocenters. The topological polar surface area (TPSA) is 84.4 Å². The monoisotopic (exact) mass is 316 g/mol. The van der Waals surface area contributed by atoms with Gasteiger partial charge in [0, 0.05) is 19.6 Å². The third-order valence-electron chi connectivity index (χ3n) is 4.00. The number of aromatic nitrogens is 3. The van der Waals surface area contributed by atoms with Crippen LogP contribution < -0.4 is 0 Å². The Hall–Kier alpha value is -2.41. The molecule has 1 aliphatic rings. The average Bonchev–Trinajstić information content (AvgIpc) is 3.19. The summed E-state index contributed by atoms with van der Waals surface area (Å²) in [5.41, 5.74) is -0.000883. The summed E-state index contributed by atoms with van der Waals surface area (Å²) in [5, 5.41) is 16.4. The molecule has 0 bridgehead atoms. The minimum Gasteiger partial charge on any atom is -0.476 e. The first-order valence-electron chi connectivity index (χ1n) is 7.76. The molecule has 0 aromatic carbocycles. The number of hydrogen-bond acceptors (Lipinski definition) is 5. The standard InChI is InChI=1S/C16H20N4O3/c21-16(22)15-12-20(18-17-15)11-13-4-1-7-19(10-13)8-2-5-14-6-3-9-23-14/h2-3,5-6,9,12-13H,1,4,7-8,10-11H2,(H,21,22)/b5-2+/t13-/m0/s1. The van der Waals surface area contributed by atoms with E-state index in [0.717, 1.165) is 38.2 Å². The second kappa shape index (κ2) is 7.23. The fourth-order valence-electron chi connectivity index (χ4n) is 2.92. The van der Waals surface area contributed by atoms with E-state index in [-0.39, 0.29) is 5.69 Å². The van der Waals surface area contributed by atoms with Gasteiger partial charge in [0.25, 0.3) is 0 Å². The summed E-state index contributed by atoms with van der Waals surface area (Å²) in [4.78, 5) is 13.2. The fraction of sp³-hybridized carbons (Fsp3) is 0.438. The third-order valence-corrected chi connectivity index (χ3v) is 4.00. The summed E-state index contributed by atoms with van der Waals surface area (Å²) in [5.74, 6) is 0.288. The molecule has 1 N–H and O–H groups in total. The highest BCUT2D eigenvalue weighted by Crippen LogP contribution is 2.18. The Morgan fingerprint density at radius 3 is 3.17 bits per heavy atom. The van der Waals surface area contributed by atoms with E-state index in [0.29, 0.717) is 12.5 Å². The number of nitrogens with zero attached hydrogens (tertiary/aromatic N) is 4. The largest absolute Gasteiger partial charge is 0.476 e. The van der Waals surface area contributed by atoms with Crippen LogP contribution in [-0.2, 0) is 6.54 Å². The summed E-state index contributed by atoms with van der Waals surface area (Å²) in [6, 6.07) is 3.81. The molecule has 122 valence electrons. The van der Waals surface area contributed by atoms with Crippen LogP contribution in [0.1, 0.15) is 29.1 Å². The van der Waals surface area contributed by atoms with Gasteiger partial charge in [0.15, 0.2) is 5.69 Å². The highest BCUT2D eigenvalue weighted by molar-refractivity contribution is 5.84. The van der Waals surface area contributed by atoms with Crippen molar-refractivity contribution in [2.75, 3.05) is 19.6 Å². The molecule has 0 unspecified atom stereocenters. The molecular weight excluding hydrogens is 296 g/mol. The van der Waals surface area contributed by atoms with Gasteiger partial charge in [-0.2, -0.15) is 0 Å². The maximum atomic E-state index is 10.8. The van der Waals surface area contributed by atoms with E-state index in [1.54, 1.807) is 10.9 Å². The number of carboxylic acids is 1. The van der Waals surface area contributed by atoms with E-state index in [4.69, 9.17) is 9.52 Å². The van der Waals surface area contributed by atoms with Gasteiger partial charge in [-0.3, -0.25) is 9.58 Å². The Kier molecular flexibility index (Phi) is 4.87.